The van der Waals surface area contributed by atoms with Crippen LogP contribution in [0.1, 0.15) is 19.4 Å². The Balaban J connectivity index is 2.67. The maximum Gasteiger partial charge on any atom is 0.0772 e. The average Bonchev–Trinajstić information content (AvgIpc) is 2.39. The van der Waals surface area contributed by atoms with Gasteiger partial charge in [0, 0.05) is 23.6 Å². The Labute approximate surface area is 107 Å². The molecule has 2 aromatic rings. The summed E-state index contributed by atoms with van der Waals surface area (Å²) in [4.78, 5) is 4.12. The molecular weight excluding hydrogens is 222 g/mol. The number of nitrogen functional groups attached to an aromatic ring is 1. The monoisotopic (exact) mass is 237 g/mol. The lowest BCUT2D eigenvalue weighted by molar-refractivity contribution is 0.689. The van der Waals surface area contributed by atoms with Crippen LogP contribution in [0.3, 0.4) is 0 Å². The third-order valence-corrected chi connectivity index (χ3v) is 2.97. The van der Waals surface area contributed by atoms with E-state index in [9.17, 15) is 5.26 Å². The number of hydrogen-bond acceptors (Lipinski definition) is 3. The maximum absolute atomic E-state index is 9.29. The Kier molecular flexibility index (Phi) is 3.03. The van der Waals surface area contributed by atoms with Gasteiger partial charge >= 0.3 is 0 Å². The second kappa shape index (κ2) is 4.50. The zero-order valence-electron chi connectivity index (χ0n) is 10.5. The van der Waals surface area contributed by atoms with Gasteiger partial charge in [0.25, 0.3) is 0 Å². The molecule has 0 aliphatic rings. The van der Waals surface area contributed by atoms with Crippen molar-refractivity contribution >= 4 is 5.69 Å². The summed E-state index contributed by atoms with van der Waals surface area (Å²) >= 11 is 0. The van der Waals surface area contributed by atoms with Gasteiger partial charge in [-0.3, -0.25) is 4.98 Å². The van der Waals surface area contributed by atoms with Crippen LogP contribution in [0.25, 0.3) is 11.1 Å². The zero-order chi connectivity index (χ0) is 13.2. The van der Waals surface area contributed by atoms with Crippen molar-refractivity contribution in [2.75, 3.05) is 5.73 Å². The summed E-state index contributed by atoms with van der Waals surface area (Å²) in [6, 6.07) is 11.8. The Morgan fingerprint density at radius 3 is 2.67 bits per heavy atom. The van der Waals surface area contributed by atoms with E-state index in [0.29, 0.717) is 5.69 Å². The fourth-order valence-electron chi connectivity index (χ4n) is 1.93. The highest BCUT2D eigenvalue weighted by Crippen LogP contribution is 2.33. The van der Waals surface area contributed by atoms with Gasteiger partial charge in [-0.15, -0.1) is 0 Å². The van der Waals surface area contributed by atoms with Crippen molar-refractivity contribution < 1.29 is 0 Å². The first-order valence-corrected chi connectivity index (χ1v) is 5.76. The van der Waals surface area contributed by atoms with Crippen molar-refractivity contribution in [1.29, 1.82) is 5.26 Å². The largest absolute Gasteiger partial charge is 0.399 e. The molecule has 0 aliphatic heterocycles. The molecule has 1 aromatic heterocycles. The summed E-state index contributed by atoms with van der Waals surface area (Å²) in [5.41, 5.74) is 8.88. The van der Waals surface area contributed by atoms with Crippen LogP contribution >= 0.6 is 0 Å². The van der Waals surface area contributed by atoms with Crippen LogP contribution in [-0.4, -0.2) is 4.98 Å². The van der Waals surface area contributed by atoms with Crippen molar-refractivity contribution in [3.8, 4) is 17.2 Å². The molecule has 0 spiro atoms. The van der Waals surface area contributed by atoms with Crippen molar-refractivity contribution in [3.63, 3.8) is 0 Å². The molecule has 0 radical (unpaired) electrons. The summed E-state index contributed by atoms with van der Waals surface area (Å²) in [7, 11) is 0. The summed E-state index contributed by atoms with van der Waals surface area (Å²) in [5, 5.41) is 9.29. The minimum absolute atomic E-state index is 0.557. The molecule has 2 N–H and O–H groups in total. The smallest absolute Gasteiger partial charge is 0.0772 e. The number of nitriles is 1. The lowest BCUT2D eigenvalue weighted by atomic mass is 9.81. The van der Waals surface area contributed by atoms with Crippen molar-refractivity contribution in [2.45, 2.75) is 19.3 Å². The fraction of sp³-hybridized carbons (Fsp3) is 0.200. The Morgan fingerprint density at radius 2 is 2.06 bits per heavy atom. The van der Waals surface area contributed by atoms with Gasteiger partial charge in [0.15, 0.2) is 0 Å². The number of nitrogens with two attached hydrogens (primary N) is 1. The van der Waals surface area contributed by atoms with Crippen LogP contribution in [0.15, 0.2) is 42.7 Å². The Bertz CT molecular complexity index is 595. The molecule has 0 saturated carbocycles. The number of benzene rings is 1. The van der Waals surface area contributed by atoms with E-state index in [1.54, 1.807) is 12.4 Å². The highest BCUT2D eigenvalue weighted by molar-refractivity contribution is 5.72. The van der Waals surface area contributed by atoms with Gasteiger partial charge in [-0.25, -0.2) is 0 Å². The van der Waals surface area contributed by atoms with Gasteiger partial charge in [-0.05, 0) is 43.2 Å². The molecule has 0 saturated heterocycles. The molecule has 1 heterocycles. The first kappa shape index (κ1) is 12.1. The lowest BCUT2D eigenvalue weighted by Crippen LogP contribution is -2.15. The first-order chi connectivity index (χ1) is 8.54. The second-order valence-corrected chi connectivity index (χ2v) is 4.78. The van der Waals surface area contributed by atoms with E-state index in [1.165, 1.54) is 0 Å². The average molecular weight is 237 g/mol. The Morgan fingerprint density at radius 1 is 1.28 bits per heavy atom. The zero-order valence-corrected chi connectivity index (χ0v) is 10.5. The predicted octanol–water partition coefficient (Wildman–Crippen LogP) is 3.13. The van der Waals surface area contributed by atoms with E-state index in [1.807, 2.05) is 44.2 Å². The van der Waals surface area contributed by atoms with Gasteiger partial charge in [-0.2, -0.15) is 5.26 Å². The van der Waals surface area contributed by atoms with Gasteiger partial charge in [-0.1, -0.05) is 12.1 Å². The maximum atomic E-state index is 9.29. The fourth-order valence-corrected chi connectivity index (χ4v) is 1.93. The number of hydrogen-bond donors (Lipinski definition) is 1. The van der Waals surface area contributed by atoms with Crippen molar-refractivity contribution in [1.82, 2.24) is 4.98 Å². The van der Waals surface area contributed by atoms with Gasteiger partial charge in [0.2, 0.25) is 0 Å². The first-order valence-electron chi connectivity index (χ1n) is 5.76. The third-order valence-electron chi connectivity index (χ3n) is 2.97. The second-order valence-electron chi connectivity index (χ2n) is 4.78. The van der Waals surface area contributed by atoms with Crippen LogP contribution in [0.4, 0.5) is 5.69 Å². The summed E-state index contributed by atoms with van der Waals surface area (Å²) < 4.78 is 0. The number of nitrogens with zero attached hydrogens (tertiary/aromatic N) is 2. The van der Waals surface area contributed by atoms with Crippen LogP contribution in [0.2, 0.25) is 0 Å². The molecule has 2 rings (SSSR count). The highest BCUT2D eigenvalue weighted by atomic mass is 14.6. The lowest BCUT2D eigenvalue weighted by Gasteiger charge is -2.20. The normalized spacial score (nSPS) is 10.9. The molecule has 18 heavy (non-hydrogen) atoms. The molecule has 90 valence electrons. The highest BCUT2D eigenvalue weighted by Gasteiger charge is 2.23. The molecule has 3 heteroatoms. The van der Waals surface area contributed by atoms with E-state index in [0.717, 1.165) is 16.7 Å². The third kappa shape index (κ3) is 2.18. The number of rotatable bonds is 2. The van der Waals surface area contributed by atoms with Gasteiger partial charge in [0.1, 0.15) is 0 Å². The molecule has 0 aliphatic carbocycles. The molecule has 3 nitrogen and oxygen atoms in total. The number of pyridine rings is 1. The van der Waals surface area contributed by atoms with E-state index in [2.05, 4.69) is 11.1 Å². The summed E-state index contributed by atoms with van der Waals surface area (Å²) in [6.45, 7) is 3.80. The minimum atomic E-state index is -0.557. The molecule has 0 atom stereocenters. The van der Waals surface area contributed by atoms with Gasteiger partial charge < -0.3 is 5.73 Å². The molecular formula is C15H15N3. The SMILES string of the molecule is CC(C)(C#N)c1ccc(N)cc1-c1cccnc1. The molecule has 0 fully saturated rings. The topological polar surface area (TPSA) is 62.7 Å². The molecule has 1 aromatic carbocycles. The Hall–Kier alpha value is -2.34. The minimum Gasteiger partial charge on any atom is -0.399 e. The quantitative estimate of drug-likeness (QED) is 0.816. The van der Waals surface area contributed by atoms with E-state index in [4.69, 9.17) is 5.73 Å². The number of anilines is 1. The summed E-state index contributed by atoms with van der Waals surface area (Å²) in [6.07, 6.45) is 3.51. The number of aromatic nitrogens is 1. The van der Waals surface area contributed by atoms with E-state index in [-0.39, 0.29) is 0 Å². The van der Waals surface area contributed by atoms with Gasteiger partial charge in [0.05, 0.1) is 11.5 Å². The molecule has 0 unspecified atom stereocenters. The van der Waals surface area contributed by atoms with Crippen LogP contribution in [-0.2, 0) is 5.41 Å². The van der Waals surface area contributed by atoms with E-state index >= 15 is 0 Å². The van der Waals surface area contributed by atoms with Crippen molar-refractivity contribution in [3.05, 3.63) is 48.3 Å². The van der Waals surface area contributed by atoms with Crippen molar-refractivity contribution in [2.24, 2.45) is 0 Å². The van der Waals surface area contributed by atoms with Crippen LogP contribution < -0.4 is 5.73 Å². The molecule has 0 bridgehead atoms. The summed E-state index contributed by atoms with van der Waals surface area (Å²) in [5.74, 6) is 0. The molecule has 0 amide bonds. The van der Waals surface area contributed by atoms with Crippen LogP contribution in [0, 0.1) is 11.3 Å². The van der Waals surface area contributed by atoms with Crippen LogP contribution in [0.5, 0.6) is 0 Å². The standard InChI is InChI=1S/C15H15N3/c1-15(2,10-16)14-6-5-12(17)8-13(14)11-4-3-7-18-9-11/h3-9H,17H2,1-2H3. The predicted molar refractivity (Wildman–Crippen MR) is 72.7 cm³/mol. The van der Waals surface area contributed by atoms with E-state index < -0.39 is 5.41 Å².